The molecule has 36 heavy (non-hydrogen) atoms. The number of sulfonamides is 1. The predicted octanol–water partition coefficient (Wildman–Crippen LogP) is 3.43. The lowest BCUT2D eigenvalue weighted by molar-refractivity contribution is 0.0719. The Morgan fingerprint density at radius 2 is 2.06 bits per heavy atom. The molecule has 3 aromatic rings. The van der Waals surface area contributed by atoms with E-state index in [1.165, 1.54) is 4.31 Å². The van der Waals surface area contributed by atoms with Gasteiger partial charge in [0.05, 0.1) is 35.4 Å². The molecule has 0 N–H and O–H groups in total. The monoisotopic (exact) mass is 526 g/mol. The molecule has 13 heteroatoms. The number of hydrogen-bond acceptors (Lipinski definition) is 7. The third kappa shape index (κ3) is 5.06. The largest absolute Gasteiger partial charge is 0.394 e. The average molecular weight is 527 g/mol. The zero-order valence-electron chi connectivity index (χ0n) is 21.0. The summed E-state index contributed by atoms with van der Waals surface area (Å²) in [4.78, 5) is 12.3. The van der Waals surface area contributed by atoms with Crippen molar-refractivity contribution in [3.63, 3.8) is 0 Å². The van der Waals surface area contributed by atoms with Crippen molar-refractivity contribution in [3.05, 3.63) is 36.1 Å². The van der Waals surface area contributed by atoms with Crippen molar-refractivity contribution in [1.29, 1.82) is 5.26 Å². The van der Waals surface area contributed by atoms with Crippen LogP contribution in [-0.4, -0.2) is 70.6 Å². The number of rotatable bonds is 10. The Balaban J connectivity index is 1.63. The van der Waals surface area contributed by atoms with E-state index in [-0.39, 0.29) is 31.2 Å². The van der Waals surface area contributed by atoms with E-state index in [9.17, 15) is 13.7 Å². The summed E-state index contributed by atoms with van der Waals surface area (Å²) >= 11 is 0. The van der Waals surface area contributed by atoms with Gasteiger partial charge in [-0.25, -0.2) is 8.42 Å². The van der Waals surface area contributed by atoms with Crippen molar-refractivity contribution < 1.29 is 13.2 Å². The molecule has 11 nitrogen and oxygen atoms in total. The SMILES string of the molecule is [C-]#[N+]c1nc(-c2cnn(C3(CC#N)CN(S(=O)(=O)CC)C3)c2)c2ccn(COCC[Si](C)(C)C)c2n1. The highest BCUT2D eigenvalue weighted by Crippen LogP contribution is 2.36. The molecule has 1 aliphatic rings. The van der Waals surface area contributed by atoms with Crippen LogP contribution in [0.3, 0.4) is 0 Å². The van der Waals surface area contributed by atoms with Crippen molar-refractivity contribution in [2.24, 2.45) is 0 Å². The highest BCUT2D eigenvalue weighted by Gasteiger charge is 2.49. The molecule has 1 aliphatic heterocycles. The smallest absolute Gasteiger partial charge is 0.374 e. The second-order valence-electron chi connectivity index (χ2n) is 10.3. The van der Waals surface area contributed by atoms with E-state index in [4.69, 9.17) is 11.3 Å². The minimum Gasteiger partial charge on any atom is -0.394 e. The van der Waals surface area contributed by atoms with Crippen molar-refractivity contribution in [2.45, 2.75) is 51.3 Å². The molecule has 0 unspecified atom stereocenters. The van der Waals surface area contributed by atoms with Gasteiger partial charge in [0.1, 0.15) is 18.0 Å². The average Bonchev–Trinajstić information content (AvgIpc) is 3.45. The molecule has 4 heterocycles. The molecule has 0 spiro atoms. The van der Waals surface area contributed by atoms with E-state index in [1.54, 1.807) is 24.0 Å². The van der Waals surface area contributed by atoms with Crippen LogP contribution in [0.15, 0.2) is 24.7 Å². The lowest BCUT2D eigenvalue weighted by atomic mass is 9.89. The molecular weight excluding hydrogens is 496 g/mol. The van der Waals surface area contributed by atoms with Gasteiger partial charge in [-0.05, 0) is 19.0 Å². The van der Waals surface area contributed by atoms with Gasteiger partial charge in [0.15, 0.2) is 0 Å². The Labute approximate surface area is 212 Å². The standard InChI is InChI=1S/C23H30N8O3SSi/c1-6-35(32,33)30-15-23(16-30,8-9-24)31-14-18(13-26-31)20-19-7-10-29(17-34-11-12-36(3,4)5)21(19)28-22(25-2)27-20/h7,10,13-14H,6,8,11-12,15-17H2,1,3-5H3. The summed E-state index contributed by atoms with van der Waals surface area (Å²) < 4.78 is 35.3. The van der Waals surface area contributed by atoms with Crippen LogP contribution in [0.2, 0.25) is 25.7 Å². The maximum absolute atomic E-state index is 12.3. The fourth-order valence-electron chi connectivity index (χ4n) is 4.15. The summed E-state index contributed by atoms with van der Waals surface area (Å²) in [7, 11) is -4.54. The summed E-state index contributed by atoms with van der Waals surface area (Å²) in [6.07, 6.45) is 5.39. The van der Waals surface area contributed by atoms with Crippen LogP contribution >= 0.6 is 0 Å². The van der Waals surface area contributed by atoms with Gasteiger partial charge in [0.2, 0.25) is 15.7 Å². The highest BCUT2D eigenvalue weighted by atomic mass is 32.2. The van der Waals surface area contributed by atoms with Gasteiger partial charge >= 0.3 is 5.95 Å². The van der Waals surface area contributed by atoms with Gasteiger partial charge in [-0.2, -0.15) is 14.7 Å². The highest BCUT2D eigenvalue weighted by molar-refractivity contribution is 7.89. The lowest BCUT2D eigenvalue weighted by Crippen LogP contribution is -2.64. The minimum absolute atomic E-state index is 0.0111. The first-order valence-corrected chi connectivity index (χ1v) is 17.1. The van der Waals surface area contributed by atoms with E-state index in [0.29, 0.717) is 30.2 Å². The van der Waals surface area contributed by atoms with Crippen LogP contribution in [0.5, 0.6) is 0 Å². The summed E-state index contributed by atoms with van der Waals surface area (Å²) in [6.45, 7) is 17.4. The topological polar surface area (TPSA) is 123 Å². The predicted molar refractivity (Wildman–Crippen MR) is 138 cm³/mol. The van der Waals surface area contributed by atoms with Crippen molar-refractivity contribution >= 4 is 35.1 Å². The van der Waals surface area contributed by atoms with E-state index in [0.717, 1.165) is 11.4 Å². The Kier molecular flexibility index (Phi) is 7.03. The lowest BCUT2D eigenvalue weighted by Gasteiger charge is -2.47. The fraction of sp³-hybridized carbons (Fsp3) is 0.522. The van der Waals surface area contributed by atoms with E-state index in [1.807, 2.05) is 16.8 Å². The maximum Gasteiger partial charge on any atom is 0.374 e. The van der Waals surface area contributed by atoms with Crippen molar-refractivity contribution in [1.82, 2.24) is 28.6 Å². The number of fused-ring (bicyclic) bond motifs is 1. The first-order valence-electron chi connectivity index (χ1n) is 11.7. The van der Waals surface area contributed by atoms with Crippen LogP contribution in [0.1, 0.15) is 13.3 Å². The van der Waals surface area contributed by atoms with E-state index < -0.39 is 23.6 Å². The maximum atomic E-state index is 12.3. The molecule has 3 aromatic heterocycles. The van der Waals surface area contributed by atoms with E-state index in [2.05, 4.69) is 45.6 Å². The van der Waals surface area contributed by atoms with Crippen LogP contribution in [0, 0.1) is 17.9 Å². The Bertz CT molecular complexity index is 1450. The molecule has 1 fully saturated rings. The number of ether oxygens (including phenoxy) is 1. The Hall–Kier alpha value is -3.10. The quantitative estimate of drug-likeness (QED) is 0.225. The molecule has 0 bridgehead atoms. The molecule has 0 saturated carbocycles. The molecule has 0 atom stereocenters. The molecular formula is C23H30N8O3SSi. The molecule has 190 valence electrons. The van der Waals surface area contributed by atoms with Crippen LogP contribution in [0.4, 0.5) is 5.95 Å². The number of aromatic nitrogens is 5. The van der Waals surface area contributed by atoms with Crippen molar-refractivity contribution in [3.8, 4) is 17.3 Å². The first kappa shape index (κ1) is 26.0. The molecule has 0 amide bonds. The number of nitriles is 1. The molecule has 0 aliphatic carbocycles. The second-order valence-corrected chi connectivity index (χ2v) is 18.1. The minimum atomic E-state index is -3.34. The fourth-order valence-corrected chi connectivity index (χ4v) is 6.14. The third-order valence-electron chi connectivity index (χ3n) is 6.38. The van der Waals surface area contributed by atoms with Gasteiger partial charge in [-0.1, -0.05) is 19.6 Å². The summed E-state index contributed by atoms with van der Waals surface area (Å²) in [6, 6.07) is 5.12. The first-order chi connectivity index (χ1) is 17.0. The van der Waals surface area contributed by atoms with Crippen LogP contribution in [0.25, 0.3) is 27.1 Å². The molecule has 4 rings (SSSR count). The number of hydrogen-bond donors (Lipinski definition) is 0. The van der Waals surface area contributed by atoms with E-state index >= 15 is 0 Å². The van der Waals surface area contributed by atoms with Crippen molar-refractivity contribution in [2.75, 3.05) is 25.4 Å². The summed E-state index contributed by atoms with van der Waals surface area (Å²) in [5, 5.41) is 14.7. The zero-order valence-corrected chi connectivity index (χ0v) is 22.8. The Morgan fingerprint density at radius 3 is 2.69 bits per heavy atom. The zero-order chi connectivity index (χ0) is 26.1. The number of nitrogens with zero attached hydrogens (tertiary/aromatic N) is 8. The van der Waals surface area contributed by atoms with Gasteiger partial charge in [0.25, 0.3) is 0 Å². The van der Waals surface area contributed by atoms with Gasteiger partial charge in [0, 0.05) is 40.2 Å². The van der Waals surface area contributed by atoms with Gasteiger partial charge < -0.3 is 9.58 Å². The van der Waals surface area contributed by atoms with Gasteiger partial charge in [-0.15, -0.1) is 16.5 Å². The molecule has 0 radical (unpaired) electrons. The second kappa shape index (κ2) is 9.75. The Morgan fingerprint density at radius 1 is 1.31 bits per heavy atom. The van der Waals surface area contributed by atoms with Crippen LogP contribution < -0.4 is 0 Å². The van der Waals surface area contributed by atoms with Crippen LogP contribution in [-0.2, 0) is 27.0 Å². The normalized spacial score (nSPS) is 15.9. The summed E-state index contributed by atoms with van der Waals surface area (Å²) in [5.74, 6) is 0.0276. The summed E-state index contributed by atoms with van der Waals surface area (Å²) in [5.41, 5.74) is 1.09. The molecule has 0 aromatic carbocycles. The molecule has 1 saturated heterocycles. The third-order valence-corrected chi connectivity index (χ3v) is 9.86. The van der Waals surface area contributed by atoms with Gasteiger partial charge in [-0.3, -0.25) is 9.25 Å².